The van der Waals surface area contributed by atoms with Crippen LogP contribution in [0.5, 0.6) is 0 Å². The molecule has 1 fully saturated rings. The van der Waals surface area contributed by atoms with Crippen LogP contribution < -0.4 is 0 Å². The van der Waals surface area contributed by atoms with Crippen molar-refractivity contribution in [1.82, 2.24) is 19.5 Å². The van der Waals surface area contributed by atoms with Gasteiger partial charge in [-0.1, -0.05) is 6.92 Å². The number of aliphatic hydroxyl groups excluding tert-OH is 2. The molecule has 2 unspecified atom stereocenters. The zero-order chi connectivity index (χ0) is 14.3. The van der Waals surface area contributed by atoms with Crippen molar-refractivity contribution >= 4 is 23.4 Å². The maximum Gasteiger partial charge on any atom is 3.00 e. The summed E-state index contributed by atoms with van der Waals surface area (Å²) in [6, 6.07) is 0.147. The Bertz CT molecular complexity index is 674. The Labute approximate surface area is 152 Å². The van der Waals surface area contributed by atoms with Gasteiger partial charge < -0.3 is 29.7 Å². The van der Waals surface area contributed by atoms with Crippen molar-refractivity contribution in [3.8, 4) is 0 Å². The average molecular weight is 382 g/mol. The van der Waals surface area contributed by atoms with Gasteiger partial charge in [0.15, 0.2) is 4.77 Å². The molecule has 2 atom stereocenters. The fourth-order valence-electron chi connectivity index (χ4n) is 3.18. The van der Waals surface area contributed by atoms with E-state index in [0.29, 0.717) is 4.77 Å². The third kappa shape index (κ3) is 2.99. The van der Waals surface area contributed by atoms with Gasteiger partial charge in [0.05, 0.1) is 0 Å². The summed E-state index contributed by atoms with van der Waals surface area (Å²) < 4.78 is 2.59. The summed E-state index contributed by atoms with van der Waals surface area (Å²) in [7, 11) is 0. The first-order chi connectivity index (χ1) is 9.65. The molecule has 2 aromatic rings. The van der Waals surface area contributed by atoms with E-state index in [1.54, 1.807) is 0 Å². The molecule has 2 aromatic heterocycles. The smallest absolute Gasteiger partial charge is 0.396 e. The molecule has 0 aliphatic heterocycles. The molecule has 0 amide bonds. The number of fused-ring (bicyclic) bond motifs is 1. The molecule has 1 aliphatic carbocycles. The molecule has 0 aromatic carbocycles. The number of hydrogen-bond donors (Lipinski definition) is 3. The summed E-state index contributed by atoms with van der Waals surface area (Å²) in [6.45, 7) is 2.08. The molecule has 0 spiro atoms. The van der Waals surface area contributed by atoms with Crippen LogP contribution >= 0.6 is 12.2 Å². The van der Waals surface area contributed by atoms with Gasteiger partial charge in [0, 0.05) is 31.2 Å². The van der Waals surface area contributed by atoms with Crippen molar-refractivity contribution in [3.05, 3.63) is 16.8 Å². The van der Waals surface area contributed by atoms with Crippen LogP contribution in [-0.2, 0) is 32.7 Å². The van der Waals surface area contributed by atoms with E-state index in [9.17, 15) is 10.2 Å². The van der Waals surface area contributed by atoms with Crippen LogP contribution in [0.15, 0.2) is 0 Å². The Morgan fingerprint density at radius 3 is 2.48 bits per heavy atom. The molecule has 0 saturated heterocycles. The number of aromatic amines is 1. The topological polar surface area (TPSA) is 87.0 Å². The van der Waals surface area contributed by atoms with Crippen molar-refractivity contribution < 1.29 is 42.9 Å². The SMILES string of the molecule is Cc1n[c-]nc2c1[nH]c(=S)n2C1CC(CO)C(CO)C1.[Y+3]. The Morgan fingerprint density at radius 1 is 1.29 bits per heavy atom. The molecular weight excluding hydrogens is 365 g/mol. The normalized spacial score (nSPS) is 25.2. The minimum absolute atomic E-state index is 0. The standard InChI is InChI=1S/C13H17N4O2S.Y/c1-7-11-12(15-6-14-7)17(13(20)16-11)10-2-8(4-18)9(3-10)5-19;/h8-10,18-19H,2-5H2,1H3,(H,16,20);/q-1;+3. The van der Waals surface area contributed by atoms with Crippen LogP contribution in [-0.4, -0.2) is 42.9 Å². The summed E-state index contributed by atoms with van der Waals surface area (Å²) >= 11 is 5.40. The van der Waals surface area contributed by atoms with Gasteiger partial charge in [-0.05, 0) is 48.1 Å². The van der Waals surface area contributed by atoms with Crippen LogP contribution in [0.4, 0.5) is 0 Å². The zero-order valence-corrected chi connectivity index (χ0v) is 15.4. The van der Waals surface area contributed by atoms with Crippen molar-refractivity contribution in [2.75, 3.05) is 13.2 Å². The number of nitrogens with one attached hydrogen (secondary N) is 1. The van der Waals surface area contributed by atoms with Crippen LogP contribution in [0.3, 0.4) is 0 Å². The van der Waals surface area contributed by atoms with E-state index in [1.165, 1.54) is 0 Å². The van der Waals surface area contributed by atoms with E-state index in [2.05, 4.69) is 21.3 Å². The van der Waals surface area contributed by atoms with Gasteiger partial charge in [-0.15, -0.1) is 0 Å². The number of nitrogens with zero attached hydrogens (tertiary/aromatic N) is 3. The minimum Gasteiger partial charge on any atom is -0.396 e. The maximum atomic E-state index is 9.42. The van der Waals surface area contributed by atoms with Gasteiger partial charge in [-0.25, -0.2) is 0 Å². The predicted molar refractivity (Wildman–Crippen MR) is 75.7 cm³/mol. The average Bonchev–Trinajstić information content (AvgIpc) is 2.99. The number of H-pyrrole nitrogens is 1. The number of hydrogen-bond acceptors (Lipinski definition) is 5. The van der Waals surface area contributed by atoms with Gasteiger partial charge in [0.25, 0.3) is 0 Å². The van der Waals surface area contributed by atoms with Gasteiger partial charge in [0.1, 0.15) is 0 Å². The van der Waals surface area contributed by atoms with Crippen molar-refractivity contribution in [1.29, 1.82) is 0 Å². The van der Waals surface area contributed by atoms with E-state index >= 15 is 0 Å². The second-order valence-corrected chi connectivity index (χ2v) is 5.81. The fourth-order valence-corrected chi connectivity index (χ4v) is 3.52. The molecule has 6 nitrogen and oxygen atoms in total. The molecule has 3 rings (SSSR count). The van der Waals surface area contributed by atoms with Crippen LogP contribution in [0.2, 0.25) is 0 Å². The van der Waals surface area contributed by atoms with Crippen LogP contribution in [0.25, 0.3) is 11.2 Å². The van der Waals surface area contributed by atoms with Crippen molar-refractivity contribution in [2.24, 2.45) is 11.8 Å². The first-order valence-electron chi connectivity index (χ1n) is 6.72. The molecule has 0 bridgehead atoms. The Kier molecular flexibility index (Phi) is 5.65. The predicted octanol–water partition coefficient (Wildman–Crippen LogP) is 1.15. The van der Waals surface area contributed by atoms with Crippen molar-refractivity contribution in [3.63, 3.8) is 0 Å². The third-order valence-corrected chi connectivity index (χ3v) is 4.59. The Morgan fingerprint density at radius 2 is 1.90 bits per heavy atom. The Hall–Kier alpha value is -0.206. The minimum atomic E-state index is 0. The molecule has 1 saturated carbocycles. The zero-order valence-electron chi connectivity index (χ0n) is 11.8. The summed E-state index contributed by atoms with van der Waals surface area (Å²) in [6.07, 6.45) is 4.24. The molecular formula is C13H17N4O2SY+2. The summed E-state index contributed by atoms with van der Waals surface area (Å²) in [5, 5.41) is 18.8. The van der Waals surface area contributed by atoms with E-state index in [0.717, 1.165) is 29.7 Å². The van der Waals surface area contributed by atoms with Gasteiger partial charge in [-0.3, -0.25) is 0 Å². The number of imidazole rings is 1. The number of aliphatic hydroxyl groups is 2. The molecule has 8 heteroatoms. The first-order valence-corrected chi connectivity index (χ1v) is 7.13. The van der Waals surface area contributed by atoms with Crippen molar-refractivity contribution in [2.45, 2.75) is 25.8 Å². The van der Waals surface area contributed by atoms with Gasteiger partial charge in [-0.2, -0.15) is 0 Å². The second kappa shape index (κ2) is 6.92. The fraction of sp³-hybridized carbons (Fsp3) is 0.615. The summed E-state index contributed by atoms with van der Waals surface area (Å²) in [5.74, 6) is 0.229. The third-order valence-electron chi connectivity index (χ3n) is 4.29. The monoisotopic (exact) mass is 382 g/mol. The van der Waals surface area contributed by atoms with Crippen LogP contribution in [0.1, 0.15) is 24.6 Å². The molecule has 3 N–H and O–H groups in total. The molecule has 2 heterocycles. The Balaban J connectivity index is 0.00000161. The molecule has 0 radical (unpaired) electrons. The van der Waals surface area contributed by atoms with Crippen LogP contribution in [0, 0.1) is 29.9 Å². The van der Waals surface area contributed by atoms with E-state index in [1.807, 2.05) is 11.5 Å². The summed E-state index contributed by atoms with van der Waals surface area (Å²) in [5.41, 5.74) is 2.40. The molecule has 1 aliphatic rings. The maximum absolute atomic E-state index is 9.42. The largest absolute Gasteiger partial charge is 3.00 e. The second-order valence-electron chi connectivity index (χ2n) is 5.42. The molecule has 21 heavy (non-hydrogen) atoms. The first kappa shape index (κ1) is 17.2. The van der Waals surface area contributed by atoms with E-state index in [4.69, 9.17) is 12.2 Å². The van der Waals surface area contributed by atoms with Gasteiger partial charge in [0.2, 0.25) is 0 Å². The molecule has 108 valence electrons. The summed E-state index contributed by atoms with van der Waals surface area (Å²) in [4.78, 5) is 11.4. The van der Waals surface area contributed by atoms with E-state index < -0.39 is 0 Å². The quantitative estimate of drug-likeness (QED) is 0.548. The van der Waals surface area contributed by atoms with E-state index in [-0.39, 0.29) is 63.8 Å². The number of aryl methyl sites for hydroxylation is 1. The number of rotatable bonds is 3. The number of aromatic nitrogens is 4. The van der Waals surface area contributed by atoms with Gasteiger partial charge >= 0.3 is 32.7 Å².